The van der Waals surface area contributed by atoms with Crippen LogP contribution in [0.25, 0.3) is 17.0 Å². The summed E-state index contributed by atoms with van der Waals surface area (Å²) in [5, 5.41) is 0.379. The highest BCUT2D eigenvalue weighted by molar-refractivity contribution is 6.30. The Bertz CT molecular complexity index is 969. The first-order valence-electron chi connectivity index (χ1n) is 6.40. The van der Waals surface area contributed by atoms with Crippen LogP contribution in [0, 0.1) is 19.7 Å². The molecule has 0 amide bonds. The maximum Gasteiger partial charge on any atom is 0.262 e. The van der Waals surface area contributed by atoms with E-state index in [0.717, 1.165) is 6.07 Å². The average molecular weight is 338 g/mol. The van der Waals surface area contributed by atoms with Gasteiger partial charge in [-0.1, -0.05) is 23.2 Å². The fourth-order valence-corrected chi connectivity index (χ4v) is 2.51. The van der Waals surface area contributed by atoms with Crippen molar-refractivity contribution in [1.29, 1.82) is 0 Å². The van der Waals surface area contributed by atoms with Gasteiger partial charge in [0, 0.05) is 22.3 Å². The van der Waals surface area contributed by atoms with E-state index in [4.69, 9.17) is 23.2 Å². The number of fused-ring (bicyclic) bond motifs is 1. The van der Waals surface area contributed by atoms with Crippen LogP contribution in [0.1, 0.15) is 11.3 Å². The van der Waals surface area contributed by atoms with Crippen LogP contribution >= 0.6 is 23.2 Å². The van der Waals surface area contributed by atoms with E-state index >= 15 is 0 Å². The molecular weight excluding hydrogens is 328 g/mol. The van der Waals surface area contributed by atoms with Gasteiger partial charge in [0.1, 0.15) is 16.6 Å². The lowest BCUT2D eigenvalue weighted by Crippen LogP contribution is -2.22. The first kappa shape index (κ1) is 14.9. The zero-order chi connectivity index (χ0) is 16.0. The number of aromatic nitrogens is 3. The zero-order valence-electron chi connectivity index (χ0n) is 11.7. The Kier molecular flexibility index (Phi) is 3.62. The van der Waals surface area contributed by atoms with Crippen LogP contribution in [0.4, 0.5) is 4.39 Å². The van der Waals surface area contributed by atoms with E-state index in [0.29, 0.717) is 16.9 Å². The summed E-state index contributed by atoms with van der Waals surface area (Å²) in [5.41, 5.74) is 1.20. The topological polar surface area (TPSA) is 47.3 Å². The Morgan fingerprint density at radius 1 is 1.14 bits per heavy atom. The Morgan fingerprint density at radius 3 is 2.55 bits per heavy atom. The minimum absolute atomic E-state index is 0.0947. The summed E-state index contributed by atoms with van der Waals surface area (Å²) in [6, 6.07) is 5.60. The first-order chi connectivity index (χ1) is 10.4. The van der Waals surface area contributed by atoms with Gasteiger partial charge in [-0.05, 0) is 32.0 Å². The highest BCUT2D eigenvalue weighted by Crippen LogP contribution is 2.25. The van der Waals surface area contributed by atoms with Crippen molar-refractivity contribution in [3.63, 3.8) is 0 Å². The van der Waals surface area contributed by atoms with Crippen molar-refractivity contribution in [1.82, 2.24) is 14.4 Å². The Hall–Kier alpha value is -1.98. The van der Waals surface area contributed by atoms with Crippen molar-refractivity contribution in [2.75, 3.05) is 0 Å². The smallest absolute Gasteiger partial charge is 0.262 e. The van der Waals surface area contributed by atoms with Crippen molar-refractivity contribution in [2.24, 2.45) is 0 Å². The summed E-state index contributed by atoms with van der Waals surface area (Å²) < 4.78 is 15.5. The third-order valence-corrected chi connectivity index (χ3v) is 3.85. The van der Waals surface area contributed by atoms with E-state index < -0.39 is 5.82 Å². The number of nitrogens with zero attached hydrogens (tertiary/aromatic N) is 3. The molecule has 0 atom stereocenters. The highest BCUT2D eigenvalue weighted by atomic mass is 35.5. The molecule has 0 spiro atoms. The highest BCUT2D eigenvalue weighted by Gasteiger charge is 2.16. The van der Waals surface area contributed by atoms with Gasteiger partial charge in [0.05, 0.1) is 5.56 Å². The number of rotatable bonds is 1. The molecule has 0 bridgehead atoms. The summed E-state index contributed by atoms with van der Waals surface area (Å²) in [5.74, 6) is -0.494. The van der Waals surface area contributed by atoms with Crippen molar-refractivity contribution < 1.29 is 4.39 Å². The quantitative estimate of drug-likeness (QED) is 0.634. The predicted molar refractivity (Wildman–Crippen MR) is 84.1 cm³/mol. The average Bonchev–Trinajstić information content (AvgIpc) is 2.44. The van der Waals surface area contributed by atoms with E-state index in [1.54, 1.807) is 13.8 Å². The number of aryl methyl sites for hydroxylation is 1. The van der Waals surface area contributed by atoms with Crippen LogP contribution in [0.3, 0.4) is 0 Å². The fraction of sp³-hybridized carbons (Fsp3) is 0.133. The molecule has 0 aliphatic carbocycles. The van der Waals surface area contributed by atoms with E-state index in [2.05, 4.69) is 9.97 Å². The molecule has 4 nitrogen and oxygen atoms in total. The molecule has 0 saturated heterocycles. The minimum atomic E-state index is -0.589. The monoisotopic (exact) mass is 337 g/mol. The molecule has 0 N–H and O–H groups in total. The van der Waals surface area contributed by atoms with Gasteiger partial charge in [0.15, 0.2) is 5.82 Å². The predicted octanol–water partition coefficient (Wildman–Crippen LogP) is 3.82. The minimum Gasteiger partial charge on any atom is -0.269 e. The SMILES string of the molecule is Cc1nc2cc(Cl)nc(-c3ccc(Cl)cc3F)n2c(=O)c1C. The molecule has 0 fully saturated rings. The lowest BCUT2D eigenvalue weighted by molar-refractivity contribution is 0.629. The lowest BCUT2D eigenvalue weighted by Gasteiger charge is -2.11. The third kappa shape index (κ3) is 2.36. The molecule has 112 valence electrons. The molecule has 0 saturated carbocycles. The van der Waals surface area contributed by atoms with Crippen LogP contribution in [-0.4, -0.2) is 14.4 Å². The molecule has 0 aliphatic rings. The van der Waals surface area contributed by atoms with Gasteiger partial charge in [-0.25, -0.2) is 18.8 Å². The molecule has 0 unspecified atom stereocenters. The molecule has 3 aromatic rings. The zero-order valence-corrected chi connectivity index (χ0v) is 13.2. The van der Waals surface area contributed by atoms with E-state index in [1.165, 1.54) is 22.6 Å². The van der Waals surface area contributed by atoms with Crippen LogP contribution in [0.15, 0.2) is 29.1 Å². The lowest BCUT2D eigenvalue weighted by atomic mass is 10.2. The van der Waals surface area contributed by atoms with Gasteiger partial charge in [0.25, 0.3) is 5.56 Å². The van der Waals surface area contributed by atoms with Gasteiger partial charge in [-0.15, -0.1) is 0 Å². The van der Waals surface area contributed by atoms with Crippen molar-refractivity contribution in [3.05, 3.63) is 61.9 Å². The second kappa shape index (κ2) is 5.34. The van der Waals surface area contributed by atoms with Crippen LogP contribution in [0.2, 0.25) is 10.2 Å². The summed E-state index contributed by atoms with van der Waals surface area (Å²) >= 11 is 11.8. The molecule has 1 aromatic carbocycles. The van der Waals surface area contributed by atoms with E-state index in [9.17, 15) is 9.18 Å². The molecule has 0 aliphatic heterocycles. The Labute approximate surface area is 135 Å². The van der Waals surface area contributed by atoms with E-state index in [-0.39, 0.29) is 27.1 Å². The van der Waals surface area contributed by atoms with Gasteiger partial charge in [-0.3, -0.25) is 4.79 Å². The van der Waals surface area contributed by atoms with Crippen molar-refractivity contribution in [3.8, 4) is 11.4 Å². The number of hydrogen-bond acceptors (Lipinski definition) is 3. The van der Waals surface area contributed by atoms with Crippen molar-refractivity contribution in [2.45, 2.75) is 13.8 Å². The second-order valence-corrected chi connectivity index (χ2v) is 5.67. The summed E-state index contributed by atoms with van der Waals surface area (Å²) in [7, 11) is 0. The van der Waals surface area contributed by atoms with Gasteiger partial charge in [0.2, 0.25) is 0 Å². The number of halogens is 3. The summed E-state index contributed by atoms with van der Waals surface area (Å²) in [6.45, 7) is 3.39. The molecule has 22 heavy (non-hydrogen) atoms. The second-order valence-electron chi connectivity index (χ2n) is 4.85. The van der Waals surface area contributed by atoms with Gasteiger partial charge < -0.3 is 0 Å². The first-order valence-corrected chi connectivity index (χ1v) is 7.16. The normalized spacial score (nSPS) is 11.1. The number of hydrogen-bond donors (Lipinski definition) is 0. The van der Waals surface area contributed by atoms with Crippen LogP contribution < -0.4 is 5.56 Å². The molecule has 0 radical (unpaired) electrons. The Morgan fingerprint density at radius 2 is 1.86 bits per heavy atom. The maximum atomic E-state index is 14.2. The van der Waals surface area contributed by atoms with Crippen LogP contribution in [-0.2, 0) is 0 Å². The third-order valence-electron chi connectivity index (χ3n) is 3.42. The maximum absolute atomic E-state index is 14.2. The molecule has 2 heterocycles. The fourth-order valence-electron chi connectivity index (χ4n) is 2.18. The van der Waals surface area contributed by atoms with Gasteiger partial charge >= 0.3 is 0 Å². The summed E-state index contributed by atoms with van der Waals surface area (Å²) in [6.07, 6.45) is 0. The molecule has 7 heteroatoms. The molecular formula is C15H10Cl2FN3O. The number of benzene rings is 1. The standard InChI is InChI=1S/C15H10Cl2FN3O/c1-7-8(2)19-13-6-12(17)20-14(21(13)15(7)22)10-4-3-9(16)5-11(10)18/h3-6H,1-2H3. The molecule has 2 aromatic heterocycles. The van der Waals surface area contributed by atoms with Crippen molar-refractivity contribution >= 4 is 28.8 Å². The summed E-state index contributed by atoms with van der Waals surface area (Å²) in [4.78, 5) is 20.9. The largest absolute Gasteiger partial charge is 0.269 e. The van der Waals surface area contributed by atoms with E-state index in [1.807, 2.05) is 0 Å². The Balaban J connectivity index is 2.48. The van der Waals surface area contributed by atoms with Gasteiger partial charge in [-0.2, -0.15) is 0 Å². The molecule has 3 rings (SSSR count). The van der Waals surface area contributed by atoms with Crippen LogP contribution in [0.5, 0.6) is 0 Å².